The highest BCUT2D eigenvalue weighted by Gasteiger charge is 2.17. The van der Waals surface area contributed by atoms with Gasteiger partial charge in [-0.3, -0.25) is 19.7 Å². The first-order valence-corrected chi connectivity index (χ1v) is 9.79. The first kappa shape index (κ1) is 22.7. The summed E-state index contributed by atoms with van der Waals surface area (Å²) < 4.78 is 15.9. The van der Waals surface area contributed by atoms with Gasteiger partial charge in [0.25, 0.3) is 11.8 Å². The van der Waals surface area contributed by atoms with Crippen LogP contribution in [0.25, 0.3) is 0 Å². The van der Waals surface area contributed by atoms with Gasteiger partial charge in [-0.1, -0.05) is 12.1 Å². The number of morpholine rings is 1. The van der Waals surface area contributed by atoms with Gasteiger partial charge < -0.3 is 19.1 Å². The third-order valence-electron chi connectivity index (χ3n) is 4.43. The van der Waals surface area contributed by atoms with Gasteiger partial charge in [0, 0.05) is 19.2 Å². The van der Waals surface area contributed by atoms with Crippen molar-refractivity contribution in [2.75, 3.05) is 39.5 Å². The molecule has 11 heteroatoms. The SMILES string of the molecule is O=C(COc1ccccc1[N+](=O)[O-])N/N=C/c1ccc(OCC(=O)N2CCOCC2)cc1. The van der Waals surface area contributed by atoms with Crippen molar-refractivity contribution in [1.82, 2.24) is 10.3 Å². The van der Waals surface area contributed by atoms with Crippen molar-refractivity contribution in [2.24, 2.45) is 5.10 Å². The lowest BCUT2D eigenvalue weighted by molar-refractivity contribution is -0.385. The highest BCUT2D eigenvalue weighted by Crippen LogP contribution is 2.25. The predicted molar refractivity (Wildman–Crippen MR) is 114 cm³/mol. The number of hydrazone groups is 1. The molecule has 0 saturated carbocycles. The average molecular weight is 442 g/mol. The smallest absolute Gasteiger partial charge is 0.310 e. The number of nitro groups is 1. The number of hydrogen-bond donors (Lipinski definition) is 1. The van der Waals surface area contributed by atoms with Gasteiger partial charge in [0.15, 0.2) is 19.0 Å². The van der Waals surface area contributed by atoms with E-state index in [-0.39, 0.29) is 24.0 Å². The minimum atomic E-state index is -0.586. The normalized spacial score (nSPS) is 13.6. The summed E-state index contributed by atoms with van der Waals surface area (Å²) in [6.07, 6.45) is 1.42. The predicted octanol–water partition coefficient (Wildman–Crippen LogP) is 1.36. The molecule has 32 heavy (non-hydrogen) atoms. The van der Waals surface area contributed by atoms with Gasteiger partial charge in [-0.2, -0.15) is 5.10 Å². The number of amides is 2. The summed E-state index contributed by atoms with van der Waals surface area (Å²) in [5.41, 5.74) is 2.75. The first-order valence-electron chi connectivity index (χ1n) is 9.79. The van der Waals surface area contributed by atoms with Gasteiger partial charge >= 0.3 is 5.69 Å². The van der Waals surface area contributed by atoms with Crippen molar-refractivity contribution in [3.05, 3.63) is 64.2 Å². The van der Waals surface area contributed by atoms with Crippen LogP contribution in [-0.4, -0.2) is 67.4 Å². The van der Waals surface area contributed by atoms with Gasteiger partial charge in [-0.05, 0) is 35.9 Å². The molecule has 0 spiro atoms. The number of rotatable bonds is 9. The second-order valence-electron chi connectivity index (χ2n) is 6.66. The summed E-state index contributed by atoms with van der Waals surface area (Å²) in [5.74, 6) is -0.129. The third-order valence-corrected chi connectivity index (χ3v) is 4.43. The molecule has 1 fully saturated rings. The van der Waals surface area contributed by atoms with E-state index in [2.05, 4.69) is 10.5 Å². The fraction of sp³-hybridized carbons (Fsp3) is 0.286. The minimum absolute atomic E-state index is 0.000630. The zero-order valence-corrected chi connectivity index (χ0v) is 17.1. The number of nitrogens with one attached hydrogen (secondary N) is 1. The summed E-state index contributed by atoms with van der Waals surface area (Å²) in [4.78, 5) is 36.0. The number of ether oxygens (including phenoxy) is 3. The van der Waals surface area contributed by atoms with E-state index < -0.39 is 17.4 Å². The number of para-hydroxylation sites is 2. The van der Waals surface area contributed by atoms with Gasteiger partial charge in [0.05, 0.1) is 24.4 Å². The van der Waals surface area contributed by atoms with Gasteiger partial charge in [0.2, 0.25) is 0 Å². The molecule has 0 aliphatic carbocycles. The van der Waals surface area contributed by atoms with Crippen LogP contribution in [-0.2, 0) is 14.3 Å². The maximum Gasteiger partial charge on any atom is 0.310 e. The number of nitrogens with zero attached hydrogens (tertiary/aromatic N) is 3. The van der Waals surface area contributed by atoms with E-state index in [0.717, 1.165) is 0 Å². The Morgan fingerprint density at radius 3 is 2.53 bits per heavy atom. The summed E-state index contributed by atoms with van der Waals surface area (Å²) in [6, 6.07) is 12.6. The molecule has 2 amide bonds. The molecule has 0 atom stereocenters. The van der Waals surface area contributed by atoms with Crippen molar-refractivity contribution < 1.29 is 28.7 Å². The number of nitro benzene ring substituents is 1. The van der Waals surface area contributed by atoms with Crippen molar-refractivity contribution in [1.29, 1.82) is 0 Å². The Bertz CT molecular complexity index is 972. The van der Waals surface area contributed by atoms with E-state index in [9.17, 15) is 19.7 Å². The standard InChI is InChI=1S/C21H22N4O7/c26-20(14-32-19-4-2-1-3-18(19)25(28)29)23-22-13-16-5-7-17(8-6-16)31-15-21(27)24-9-11-30-12-10-24/h1-8,13H,9-12,14-15H2,(H,23,26)/b22-13+. The van der Waals surface area contributed by atoms with Crippen molar-refractivity contribution in [3.8, 4) is 11.5 Å². The molecule has 0 aromatic heterocycles. The molecule has 0 bridgehead atoms. The lowest BCUT2D eigenvalue weighted by Crippen LogP contribution is -2.42. The van der Waals surface area contributed by atoms with E-state index in [0.29, 0.717) is 37.6 Å². The molecule has 1 heterocycles. The highest BCUT2D eigenvalue weighted by atomic mass is 16.6. The maximum atomic E-state index is 12.1. The van der Waals surface area contributed by atoms with Crippen molar-refractivity contribution in [3.63, 3.8) is 0 Å². The summed E-state index contributed by atoms with van der Waals surface area (Å²) in [6.45, 7) is 1.73. The molecule has 1 saturated heterocycles. The van der Waals surface area contributed by atoms with Gasteiger partial charge in [0.1, 0.15) is 5.75 Å². The Kier molecular flexibility index (Phi) is 8.09. The van der Waals surface area contributed by atoms with Gasteiger partial charge in [-0.15, -0.1) is 0 Å². The van der Waals surface area contributed by atoms with E-state index in [1.165, 1.54) is 24.4 Å². The Morgan fingerprint density at radius 1 is 1.09 bits per heavy atom. The second-order valence-corrected chi connectivity index (χ2v) is 6.66. The van der Waals surface area contributed by atoms with Crippen molar-refractivity contribution >= 4 is 23.7 Å². The molecule has 168 valence electrons. The van der Waals surface area contributed by atoms with E-state index >= 15 is 0 Å². The third kappa shape index (κ3) is 6.77. The van der Waals surface area contributed by atoms with Crippen LogP contribution in [0.15, 0.2) is 53.6 Å². The quantitative estimate of drug-likeness (QED) is 0.352. The summed E-state index contributed by atoms with van der Waals surface area (Å²) in [5, 5.41) is 14.8. The van der Waals surface area contributed by atoms with Crippen LogP contribution in [0.1, 0.15) is 5.56 Å². The molecule has 1 N–H and O–H groups in total. The fourth-order valence-electron chi connectivity index (χ4n) is 2.78. The topological polar surface area (TPSA) is 133 Å². The lowest BCUT2D eigenvalue weighted by Gasteiger charge is -2.26. The number of carbonyl (C=O) groups is 2. The Labute approximate surface area is 183 Å². The summed E-state index contributed by atoms with van der Waals surface area (Å²) in [7, 11) is 0. The zero-order valence-electron chi connectivity index (χ0n) is 17.1. The number of hydrogen-bond acceptors (Lipinski definition) is 8. The molecule has 1 aliphatic rings. The molecule has 1 aliphatic heterocycles. The van der Waals surface area contributed by atoms with Crippen LogP contribution < -0.4 is 14.9 Å². The van der Waals surface area contributed by atoms with E-state index in [4.69, 9.17) is 14.2 Å². The molecule has 3 rings (SSSR count). The zero-order chi connectivity index (χ0) is 22.8. The van der Waals surface area contributed by atoms with Crippen LogP contribution in [0.3, 0.4) is 0 Å². The molecule has 2 aromatic rings. The molecule has 0 radical (unpaired) electrons. The molecular formula is C21H22N4O7. The van der Waals surface area contributed by atoms with Crippen LogP contribution in [0.4, 0.5) is 5.69 Å². The lowest BCUT2D eigenvalue weighted by atomic mass is 10.2. The Morgan fingerprint density at radius 2 is 1.81 bits per heavy atom. The molecule has 2 aromatic carbocycles. The molecular weight excluding hydrogens is 420 g/mol. The van der Waals surface area contributed by atoms with Crippen LogP contribution in [0, 0.1) is 10.1 Å². The summed E-state index contributed by atoms with van der Waals surface area (Å²) >= 11 is 0. The first-order chi connectivity index (χ1) is 15.5. The maximum absolute atomic E-state index is 12.1. The number of carbonyl (C=O) groups excluding carboxylic acids is 2. The Hall–Kier alpha value is -3.99. The minimum Gasteiger partial charge on any atom is -0.484 e. The second kappa shape index (κ2) is 11.4. The molecule has 11 nitrogen and oxygen atoms in total. The largest absolute Gasteiger partial charge is 0.484 e. The number of benzene rings is 2. The van der Waals surface area contributed by atoms with Crippen LogP contribution in [0.5, 0.6) is 11.5 Å². The van der Waals surface area contributed by atoms with E-state index in [1.54, 1.807) is 35.2 Å². The van der Waals surface area contributed by atoms with Crippen LogP contribution >= 0.6 is 0 Å². The monoisotopic (exact) mass is 442 g/mol. The average Bonchev–Trinajstić information content (AvgIpc) is 2.82. The highest BCUT2D eigenvalue weighted by molar-refractivity contribution is 5.83. The van der Waals surface area contributed by atoms with Crippen molar-refractivity contribution in [2.45, 2.75) is 0 Å². The Balaban J connectivity index is 1.41. The molecule has 0 unspecified atom stereocenters. The van der Waals surface area contributed by atoms with Crippen LogP contribution in [0.2, 0.25) is 0 Å². The van der Waals surface area contributed by atoms with Gasteiger partial charge in [-0.25, -0.2) is 5.43 Å². The fourth-order valence-corrected chi connectivity index (χ4v) is 2.78. The van der Waals surface area contributed by atoms with E-state index in [1.807, 2.05) is 0 Å².